The molecule has 0 saturated heterocycles. The van der Waals surface area contributed by atoms with Crippen LogP contribution in [0.3, 0.4) is 0 Å². The van der Waals surface area contributed by atoms with E-state index in [4.69, 9.17) is 5.84 Å². The largest absolute Gasteiger partial charge is 0.748 e. The van der Waals surface area contributed by atoms with Crippen molar-refractivity contribution in [2.75, 3.05) is 26.4 Å². The molecule has 6 heteroatoms. The Morgan fingerprint density at radius 2 is 1.91 bits per heavy atom. The zero-order valence-corrected chi connectivity index (χ0v) is 7.60. The Morgan fingerprint density at radius 1 is 1.45 bits per heavy atom. The van der Waals surface area contributed by atoms with Crippen molar-refractivity contribution in [1.82, 2.24) is 0 Å². The van der Waals surface area contributed by atoms with E-state index in [0.29, 0.717) is 13.0 Å². The van der Waals surface area contributed by atoms with Gasteiger partial charge in [0.25, 0.3) is 0 Å². The fourth-order valence-electron chi connectivity index (χ4n) is 0.649. The second-order valence-corrected chi connectivity index (χ2v) is 4.64. The lowest BCUT2D eigenvalue weighted by Gasteiger charge is -2.22. The third-order valence-electron chi connectivity index (χ3n) is 1.13. The molecule has 0 amide bonds. The van der Waals surface area contributed by atoms with Gasteiger partial charge in [0.05, 0.1) is 30.8 Å². The molecular weight excluding hydrogens is 168 g/mol. The molecule has 0 atom stereocenters. The standard InChI is InChI=1S/C5H14N2O3S/c1-7(2,6)4-3-5-11(8,9)10/h3-6H2,1-2H3. The minimum atomic E-state index is -4.06. The summed E-state index contributed by atoms with van der Waals surface area (Å²) >= 11 is 0. The monoisotopic (exact) mass is 182 g/mol. The van der Waals surface area contributed by atoms with Gasteiger partial charge in [-0.25, -0.2) is 8.42 Å². The SMILES string of the molecule is C[N+](C)(N)CCCS(=O)(=O)[O-]. The quantitative estimate of drug-likeness (QED) is 0.258. The second kappa shape index (κ2) is 3.48. The van der Waals surface area contributed by atoms with Crippen LogP contribution < -0.4 is 5.84 Å². The molecule has 0 radical (unpaired) electrons. The van der Waals surface area contributed by atoms with Gasteiger partial charge in [-0.2, -0.15) is 5.84 Å². The zero-order valence-electron chi connectivity index (χ0n) is 6.78. The highest BCUT2D eigenvalue weighted by atomic mass is 32.2. The number of nitrogens with two attached hydrogens (primary N) is 1. The van der Waals surface area contributed by atoms with Gasteiger partial charge < -0.3 is 4.55 Å². The van der Waals surface area contributed by atoms with Crippen molar-refractivity contribution in [2.24, 2.45) is 5.84 Å². The summed E-state index contributed by atoms with van der Waals surface area (Å²) in [5.74, 6) is 5.18. The highest BCUT2D eigenvalue weighted by Gasteiger charge is 2.08. The van der Waals surface area contributed by atoms with Gasteiger partial charge >= 0.3 is 0 Å². The van der Waals surface area contributed by atoms with Crippen molar-refractivity contribution >= 4 is 10.1 Å². The van der Waals surface area contributed by atoms with E-state index in [1.807, 2.05) is 0 Å². The van der Waals surface area contributed by atoms with E-state index in [1.54, 1.807) is 14.1 Å². The summed E-state index contributed by atoms with van der Waals surface area (Å²) in [6, 6.07) is 0. The average molecular weight is 182 g/mol. The Balaban J connectivity index is 3.61. The molecule has 0 spiro atoms. The summed E-state index contributed by atoms with van der Waals surface area (Å²) < 4.78 is 30.5. The highest BCUT2D eigenvalue weighted by Crippen LogP contribution is 1.93. The van der Waals surface area contributed by atoms with Gasteiger partial charge in [0.1, 0.15) is 0 Å². The van der Waals surface area contributed by atoms with Crippen LogP contribution in [-0.2, 0) is 10.1 Å². The molecule has 0 aromatic heterocycles. The van der Waals surface area contributed by atoms with Gasteiger partial charge in [0, 0.05) is 12.2 Å². The topological polar surface area (TPSA) is 83.2 Å². The van der Waals surface area contributed by atoms with Gasteiger partial charge in [-0.05, 0) is 0 Å². The van der Waals surface area contributed by atoms with Crippen molar-refractivity contribution in [2.45, 2.75) is 6.42 Å². The normalized spacial score (nSPS) is 13.5. The minimum absolute atomic E-state index is 0.190. The van der Waals surface area contributed by atoms with Gasteiger partial charge in [-0.3, -0.25) is 4.59 Å². The molecule has 11 heavy (non-hydrogen) atoms. The Morgan fingerprint density at radius 3 is 2.18 bits per heavy atom. The summed E-state index contributed by atoms with van der Waals surface area (Å²) in [4.78, 5) is 0. The van der Waals surface area contributed by atoms with E-state index in [9.17, 15) is 13.0 Å². The molecule has 0 unspecified atom stereocenters. The Bertz CT molecular complexity index is 204. The van der Waals surface area contributed by atoms with Crippen molar-refractivity contribution < 1.29 is 17.6 Å². The Labute approximate surface area is 67.1 Å². The van der Waals surface area contributed by atoms with Crippen LogP contribution >= 0.6 is 0 Å². The molecule has 0 fully saturated rings. The fraction of sp³-hybridized carbons (Fsp3) is 1.00. The van der Waals surface area contributed by atoms with E-state index in [-0.39, 0.29) is 10.3 Å². The van der Waals surface area contributed by atoms with E-state index >= 15 is 0 Å². The summed E-state index contributed by atoms with van der Waals surface area (Å²) in [7, 11) is -0.595. The summed E-state index contributed by atoms with van der Waals surface area (Å²) in [6.07, 6.45) is 0.315. The number of quaternary nitrogens is 1. The molecule has 0 aliphatic heterocycles. The van der Waals surface area contributed by atoms with Gasteiger partial charge in [-0.15, -0.1) is 0 Å². The van der Waals surface area contributed by atoms with Gasteiger partial charge in [0.2, 0.25) is 0 Å². The fourth-order valence-corrected chi connectivity index (χ4v) is 1.13. The number of hydrogen-bond donors (Lipinski definition) is 1. The van der Waals surface area contributed by atoms with Crippen LogP contribution in [0.2, 0.25) is 0 Å². The smallest absolute Gasteiger partial charge is 0.0965 e. The first-order valence-electron chi connectivity index (χ1n) is 3.26. The molecular formula is C5H14N2O3S. The van der Waals surface area contributed by atoms with Crippen LogP contribution in [0.1, 0.15) is 6.42 Å². The Hall–Kier alpha value is -0.170. The summed E-state index contributed by atoms with van der Waals surface area (Å²) in [5, 5.41) is 0. The van der Waals surface area contributed by atoms with Crippen LogP contribution in [0.15, 0.2) is 0 Å². The zero-order chi connectivity index (χ0) is 9.12. The molecule has 0 aliphatic rings. The summed E-state index contributed by atoms with van der Waals surface area (Å²) in [6.45, 7) is 0.488. The number of rotatable bonds is 4. The first-order valence-corrected chi connectivity index (χ1v) is 4.83. The molecule has 0 aromatic rings. The highest BCUT2D eigenvalue weighted by molar-refractivity contribution is 7.85. The van der Waals surface area contributed by atoms with Crippen molar-refractivity contribution in [3.05, 3.63) is 0 Å². The lowest BCUT2D eigenvalue weighted by molar-refractivity contribution is -0.902. The lowest BCUT2D eigenvalue weighted by Crippen LogP contribution is -2.47. The average Bonchev–Trinajstić information content (AvgIpc) is 1.55. The van der Waals surface area contributed by atoms with E-state index in [0.717, 1.165) is 0 Å². The van der Waals surface area contributed by atoms with Crippen LogP contribution in [-0.4, -0.2) is 44.0 Å². The number of hydrogen-bond acceptors (Lipinski definition) is 4. The van der Waals surface area contributed by atoms with Crippen molar-refractivity contribution in [1.29, 1.82) is 0 Å². The molecule has 0 aromatic carbocycles. The minimum Gasteiger partial charge on any atom is -0.748 e. The first kappa shape index (κ1) is 10.8. The first-order chi connectivity index (χ1) is 4.71. The van der Waals surface area contributed by atoms with Crippen LogP contribution in [0.25, 0.3) is 0 Å². The molecule has 0 saturated carbocycles. The van der Waals surface area contributed by atoms with Crippen LogP contribution in [0, 0.1) is 0 Å². The maximum atomic E-state index is 10.1. The van der Waals surface area contributed by atoms with Crippen molar-refractivity contribution in [3.8, 4) is 0 Å². The predicted molar refractivity (Wildman–Crippen MR) is 40.3 cm³/mol. The number of nitrogens with zero attached hydrogens (tertiary/aromatic N) is 1. The molecule has 0 aliphatic carbocycles. The van der Waals surface area contributed by atoms with Crippen LogP contribution in [0.4, 0.5) is 0 Å². The van der Waals surface area contributed by atoms with E-state index in [1.165, 1.54) is 0 Å². The Kier molecular flexibility index (Phi) is 3.43. The lowest BCUT2D eigenvalue weighted by atomic mass is 10.4. The van der Waals surface area contributed by atoms with E-state index in [2.05, 4.69) is 0 Å². The third-order valence-corrected chi connectivity index (χ3v) is 1.92. The second-order valence-electron chi connectivity index (χ2n) is 3.12. The van der Waals surface area contributed by atoms with Crippen molar-refractivity contribution in [3.63, 3.8) is 0 Å². The maximum Gasteiger partial charge on any atom is 0.0965 e. The molecule has 5 nitrogen and oxygen atoms in total. The molecule has 0 rings (SSSR count). The molecule has 2 N–H and O–H groups in total. The predicted octanol–water partition coefficient (Wildman–Crippen LogP) is -1.13. The van der Waals surface area contributed by atoms with Gasteiger partial charge in [0.15, 0.2) is 0 Å². The van der Waals surface area contributed by atoms with E-state index < -0.39 is 10.1 Å². The molecule has 0 bridgehead atoms. The maximum absolute atomic E-state index is 10.1. The molecule has 0 heterocycles. The summed E-state index contributed by atoms with van der Waals surface area (Å²) in [5.41, 5.74) is 0. The van der Waals surface area contributed by atoms with Gasteiger partial charge in [-0.1, -0.05) is 0 Å². The van der Waals surface area contributed by atoms with Crippen LogP contribution in [0.5, 0.6) is 0 Å². The third kappa shape index (κ3) is 9.83. The molecule has 68 valence electrons.